The highest BCUT2D eigenvalue weighted by Crippen LogP contribution is 2.25. The number of amides is 1. The molecule has 0 spiro atoms. The van der Waals surface area contributed by atoms with E-state index in [1.807, 2.05) is 0 Å². The number of hydrogen-bond acceptors (Lipinski definition) is 3. The largest absolute Gasteiger partial charge is 0.321 e. The number of benzene rings is 2. The summed E-state index contributed by atoms with van der Waals surface area (Å²) in [6, 6.07) is 11.0. The fourth-order valence-electron chi connectivity index (χ4n) is 1.64. The summed E-state index contributed by atoms with van der Waals surface area (Å²) < 4.78 is 0.817. The number of non-ortho nitro benzene ring substituents is 1. The van der Waals surface area contributed by atoms with Gasteiger partial charge in [0.25, 0.3) is 5.69 Å². The first-order valence-electron chi connectivity index (χ1n) is 6.14. The molecule has 5 nitrogen and oxygen atoms in total. The second kappa shape index (κ2) is 7.20. The number of hydrogen-bond donors (Lipinski definition) is 1. The van der Waals surface area contributed by atoms with Crippen molar-refractivity contribution < 1.29 is 9.72 Å². The zero-order chi connectivity index (χ0) is 16.1. The fraction of sp³-hybridized carbons (Fsp3) is 0. The smallest absolute Gasteiger partial charge is 0.269 e. The highest BCUT2D eigenvalue weighted by atomic mass is 79.9. The molecule has 0 aliphatic heterocycles. The summed E-state index contributed by atoms with van der Waals surface area (Å²) in [6.45, 7) is 0. The molecule has 0 aliphatic rings. The summed E-state index contributed by atoms with van der Waals surface area (Å²) in [6.07, 6.45) is 2.89. The summed E-state index contributed by atoms with van der Waals surface area (Å²) in [5, 5.41) is 13.6. The predicted molar refractivity (Wildman–Crippen MR) is 89.9 cm³/mol. The molecule has 2 rings (SSSR count). The van der Waals surface area contributed by atoms with Gasteiger partial charge in [-0.3, -0.25) is 14.9 Å². The number of nitrogens with zero attached hydrogens (tertiary/aromatic N) is 1. The van der Waals surface area contributed by atoms with Crippen molar-refractivity contribution in [3.8, 4) is 0 Å². The normalized spacial score (nSPS) is 10.6. The van der Waals surface area contributed by atoms with Gasteiger partial charge < -0.3 is 5.32 Å². The predicted octanol–water partition coefficient (Wildman–Crippen LogP) is 4.66. The third-order valence-corrected chi connectivity index (χ3v) is 3.53. The zero-order valence-corrected chi connectivity index (χ0v) is 13.5. The SMILES string of the molecule is O=C(/C=C/c1ccc([N+](=O)[O-])cc1)Nc1ccc(Br)cc1Cl. The van der Waals surface area contributed by atoms with Crippen molar-refractivity contribution in [2.75, 3.05) is 5.32 Å². The maximum atomic E-state index is 11.8. The molecular weight excluding hydrogens is 372 g/mol. The lowest BCUT2D eigenvalue weighted by atomic mass is 10.2. The van der Waals surface area contributed by atoms with Gasteiger partial charge >= 0.3 is 0 Å². The first kappa shape index (κ1) is 16.2. The Labute approximate surface area is 139 Å². The van der Waals surface area contributed by atoms with Crippen LogP contribution in [0.25, 0.3) is 6.08 Å². The molecule has 0 saturated heterocycles. The molecule has 0 saturated carbocycles. The summed E-state index contributed by atoms with van der Waals surface area (Å²) in [7, 11) is 0. The molecule has 0 radical (unpaired) electrons. The van der Waals surface area contributed by atoms with Gasteiger partial charge in [0.1, 0.15) is 0 Å². The van der Waals surface area contributed by atoms with E-state index in [0.29, 0.717) is 16.3 Å². The van der Waals surface area contributed by atoms with Crippen LogP contribution in [0.5, 0.6) is 0 Å². The number of nitrogens with one attached hydrogen (secondary N) is 1. The molecule has 0 atom stereocenters. The average Bonchev–Trinajstić information content (AvgIpc) is 2.48. The van der Waals surface area contributed by atoms with Crippen LogP contribution in [0.2, 0.25) is 5.02 Å². The zero-order valence-electron chi connectivity index (χ0n) is 11.1. The van der Waals surface area contributed by atoms with Crippen molar-refractivity contribution in [1.29, 1.82) is 0 Å². The monoisotopic (exact) mass is 380 g/mol. The Bertz CT molecular complexity index is 745. The molecule has 22 heavy (non-hydrogen) atoms. The van der Waals surface area contributed by atoms with Gasteiger partial charge in [-0.05, 0) is 42.0 Å². The van der Waals surface area contributed by atoms with Crippen LogP contribution in [0.4, 0.5) is 11.4 Å². The summed E-state index contributed by atoms with van der Waals surface area (Å²) in [5.74, 6) is -0.345. The lowest BCUT2D eigenvalue weighted by molar-refractivity contribution is -0.384. The van der Waals surface area contributed by atoms with Crippen LogP contribution in [-0.2, 0) is 4.79 Å². The van der Waals surface area contributed by atoms with E-state index in [1.165, 1.54) is 18.2 Å². The summed E-state index contributed by atoms with van der Waals surface area (Å²) >= 11 is 9.29. The highest BCUT2D eigenvalue weighted by molar-refractivity contribution is 9.10. The van der Waals surface area contributed by atoms with Gasteiger partial charge in [-0.2, -0.15) is 0 Å². The van der Waals surface area contributed by atoms with Crippen LogP contribution in [0, 0.1) is 10.1 Å². The second-order valence-corrected chi connectivity index (χ2v) is 5.62. The third-order valence-electron chi connectivity index (χ3n) is 2.72. The van der Waals surface area contributed by atoms with E-state index in [9.17, 15) is 14.9 Å². The minimum atomic E-state index is -0.476. The molecule has 0 aliphatic carbocycles. The van der Waals surface area contributed by atoms with E-state index >= 15 is 0 Å². The Morgan fingerprint density at radius 1 is 1.23 bits per heavy atom. The summed E-state index contributed by atoms with van der Waals surface area (Å²) in [4.78, 5) is 21.9. The van der Waals surface area contributed by atoms with E-state index in [4.69, 9.17) is 11.6 Å². The van der Waals surface area contributed by atoms with E-state index in [2.05, 4.69) is 21.2 Å². The van der Waals surface area contributed by atoms with Gasteiger partial charge in [0.15, 0.2) is 0 Å². The molecule has 7 heteroatoms. The van der Waals surface area contributed by atoms with E-state index < -0.39 is 4.92 Å². The van der Waals surface area contributed by atoms with E-state index in [-0.39, 0.29) is 11.6 Å². The summed E-state index contributed by atoms with van der Waals surface area (Å²) in [5.41, 5.74) is 1.19. The van der Waals surface area contributed by atoms with Crippen LogP contribution >= 0.6 is 27.5 Å². The molecule has 1 amide bonds. The Hall–Kier alpha value is -2.18. The van der Waals surface area contributed by atoms with Gasteiger partial charge in [0, 0.05) is 22.7 Å². The molecule has 0 heterocycles. The van der Waals surface area contributed by atoms with Crippen molar-refractivity contribution >= 4 is 50.9 Å². The number of carbonyl (C=O) groups is 1. The van der Waals surface area contributed by atoms with Crippen molar-refractivity contribution in [2.45, 2.75) is 0 Å². The fourth-order valence-corrected chi connectivity index (χ4v) is 2.36. The van der Waals surface area contributed by atoms with Gasteiger partial charge in [0.2, 0.25) is 5.91 Å². The Kier molecular flexibility index (Phi) is 5.30. The average molecular weight is 382 g/mol. The first-order chi connectivity index (χ1) is 10.5. The maximum absolute atomic E-state index is 11.8. The van der Waals surface area contributed by atoms with Crippen LogP contribution in [0.1, 0.15) is 5.56 Å². The quantitative estimate of drug-likeness (QED) is 0.475. The minimum absolute atomic E-state index is 0.00301. The lowest BCUT2D eigenvalue weighted by Gasteiger charge is -2.05. The van der Waals surface area contributed by atoms with Gasteiger partial charge in [0.05, 0.1) is 15.6 Å². The molecule has 0 unspecified atom stereocenters. The molecule has 2 aromatic carbocycles. The number of anilines is 1. The molecule has 112 valence electrons. The van der Waals surface area contributed by atoms with Crippen LogP contribution in [-0.4, -0.2) is 10.8 Å². The number of nitro groups is 1. The Morgan fingerprint density at radius 3 is 2.50 bits per heavy atom. The van der Waals surface area contributed by atoms with E-state index in [1.54, 1.807) is 36.4 Å². The van der Waals surface area contributed by atoms with Gasteiger partial charge in [-0.1, -0.05) is 27.5 Å². The van der Waals surface area contributed by atoms with Crippen LogP contribution in [0.3, 0.4) is 0 Å². The van der Waals surface area contributed by atoms with Crippen LogP contribution in [0.15, 0.2) is 53.0 Å². The number of halogens is 2. The molecule has 0 fully saturated rings. The van der Waals surface area contributed by atoms with Crippen molar-refractivity contribution in [1.82, 2.24) is 0 Å². The molecule has 1 N–H and O–H groups in total. The number of carbonyl (C=O) groups excluding carboxylic acids is 1. The van der Waals surface area contributed by atoms with Crippen molar-refractivity contribution in [3.63, 3.8) is 0 Å². The van der Waals surface area contributed by atoms with Gasteiger partial charge in [-0.25, -0.2) is 0 Å². The second-order valence-electron chi connectivity index (χ2n) is 4.30. The number of nitro benzene ring substituents is 1. The minimum Gasteiger partial charge on any atom is -0.321 e. The Balaban J connectivity index is 2.03. The standard InChI is InChI=1S/C15H10BrClN2O3/c16-11-4-7-14(13(17)9-11)18-15(20)8-3-10-1-5-12(6-2-10)19(21)22/h1-9H,(H,18,20)/b8-3+. The molecular formula is C15H10BrClN2O3. The first-order valence-corrected chi connectivity index (χ1v) is 7.31. The lowest BCUT2D eigenvalue weighted by Crippen LogP contribution is -2.08. The third kappa shape index (κ3) is 4.41. The number of rotatable bonds is 4. The van der Waals surface area contributed by atoms with Crippen molar-refractivity contribution in [2.24, 2.45) is 0 Å². The Morgan fingerprint density at radius 2 is 1.91 bits per heavy atom. The highest BCUT2D eigenvalue weighted by Gasteiger charge is 2.05. The van der Waals surface area contributed by atoms with Crippen molar-refractivity contribution in [3.05, 3.63) is 73.7 Å². The van der Waals surface area contributed by atoms with Crippen LogP contribution < -0.4 is 5.32 Å². The molecule has 2 aromatic rings. The molecule has 0 bridgehead atoms. The molecule has 0 aromatic heterocycles. The topological polar surface area (TPSA) is 72.2 Å². The van der Waals surface area contributed by atoms with E-state index in [0.717, 1.165) is 4.47 Å². The van der Waals surface area contributed by atoms with Gasteiger partial charge in [-0.15, -0.1) is 0 Å². The maximum Gasteiger partial charge on any atom is 0.269 e.